The molecule has 0 spiro atoms. The maximum atomic E-state index is 12.2. The number of hydrogen-bond acceptors (Lipinski definition) is 6. The van der Waals surface area contributed by atoms with E-state index in [4.69, 9.17) is 13.9 Å². The van der Waals surface area contributed by atoms with Crippen LogP contribution in [0, 0.1) is 0 Å². The largest absolute Gasteiger partial charge is 0.464 e. The summed E-state index contributed by atoms with van der Waals surface area (Å²) in [5, 5.41) is 2.52. The summed E-state index contributed by atoms with van der Waals surface area (Å²) in [5.74, 6) is -0.246. The maximum absolute atomic E-state index is 12.2. The third-order valence-corrected chi connectivity index (χ3v) is 3.84. The van der Waals surface area contributed by atoms with Crippen molar-refractivity contribution < 1.29 is 23.5 Å². The van der Waals surface area contributed by atoms with E-state index in [1.165, 1.54) is 6.26 Å². The zero-order valence-corrected chi connectivity index (χ0v) is 15.7. The summed E-state index contributed by atoms with van der Waals surface area (Å²) >= 11 is 0. The fraction of sp³-hybridized carbons (Fsp3) is 0.350. The molecule has 1 atom stereocenters. The molecule has 0 aliphatic heterocycles. The van der Waals surface area contributed by atoms with Crippen LogP contribution in [0.25, 0.3) is 5.57 Å². The summed E-state index contributed by atoms with van der Waals surface area (Å²) in [4.78, 5) is 28.6. The minimum Gasteiger partial charge on any atom is -0.464 e. The van der Waals surface area contributed by atoms with Crippen LogP contribution in [0.3, 0.4) is 0 Å². The molecular weight excluding hydrogens is 348 g/mol. The second kappa shape index (κ2) is 10.2. The van der Waals surface area contributed by atoms with Gasteiger partial charge in [-0.1, -0.05) is 36.4 Å². The van der Waals surface area contributed by atoms with E-state index in [9.17, 15) is 9.59 Å². The Bertz CT molecular complexity index is 783. The van der Waals surface area contributed by atoms with Crippen molar-refractivity contribution in [3.05, 3.63) is 59.8 Å². The van der Waals surface area contributed by atoms with E-state index in [1.54, 1.807) is 6.92 Å². The standard InChI is InChI=1S/C20H24N2O5/c1-4-14(3)17-13-26-18(21-17)11-16(19(23)25-5-2)22-20(24)27-12-15-9-7-6-8-10-15/h4,6-10,13,16H,5,11-12H2,1-3H3,(H,22,24)/b14-4+. The predicted octanol–water partition coefficient (Wildman–Crippen LogP) is 3.50. The van der Waals surface area contributed by atoms with Crippen molar-refractivity contribution >= 4 is 17.6 Å². The highest BCUT2D eigenvalue weighted by Crippen LogP contribution is 2.14. The quantitative estimate of drug-likeness (QED) is 0.713. The van der Waals surface area contributed by atoms with Gasteiger partial charge in [0.25, 0.3) is 0 Å². The molecule has 0 aliphatic rings. The Morgan fingerprint density at radius 3 is 2.67 bits per heavy atom. The molecule has 7 heteroatoms. The highest BCUT2D eigenvalue weighted by atomic mass is 16.6. The molecule has 7 nitrogen and oxygen atoms in total. The number of nitrogens with zero attached hydrogens (tertiary/aromatic N) is 1. The summed E-state index contributed by atoms with van der Waals surface area (Å²) in [6, 6.07) is 8.31. The lowest BCUT2D eigenvalue weighted by molar-refractivity contribution is -0.145. The molecule has 0 radical (unpaired) electrons. The molecule has 0 aliphatic carbocycles. The molecule has 0 saturated carbocycles. The van der Waals surface area contributed by atoms with Gasteiger partial charge in [0.1, 0.15) is 24.6 Å². The number of nitrogens with one attached hydrogen (secondary N) is 1. The zero-order valence-electron chi connectivity index (χ0n) is 15.7. The number of benzene rings is 1. The predicted molar refractivity (Wildman–Crippen MR) is 99.7 cm³/mol. The number of hydrogen-bond donors (Lipinski definition) is 1. The van der Waals surface area contributed by atoms with Crippen LogP contribution in [0.5, 0.6) is 0 Å². The molecule has 144 valence electrons. The van der Waals surface area contributed by atoms with Gasteiger partial charge >= 0.3 is 12.1 Å². The van der Waals surface area contributed by atoms with Crippen LogP contribution in [0.4, 0.5) is 4.79 Å². The first-order chi connectivity index (χ1) is 13.0. The highest BCUT2D eigenvalue weighted by Gasteiger charge is 2.25. The average molecular weight is 372 g/mol. The lowest BCUT2D eigenvalue weighted by Crippen LogP contribution is -2.43. The van der Waals surface area contributed by atoms with Gasteiger partial charge in [0.15, 0.2) is 5.89 Å². The van der Waals surface area contributed by atoms with E-state index in [1.807, 2.05) is 50.3 Å². The topological polar surface area (TPSA) is 90.7 Å². The molecule has 2 rings (SSSR count). The van der Waals surface area contributed by atoms with Gasteiger partial charge in [-0.2, -0.15) is 0 Å². The number of allylic oxidation sites excluding steroid dienone is 2. The van der Waals surface area contributed by atoms with Crippen molar-refractivity contribution in [1.29, 1.82) is 0 Å². The van der Waals surface area contributed by atoms with Crippen molar-refractivity contribution in [1.82, 2.24) is 10.3 Å². The minimum absolute atomic E-state index is 0.0657. The van der Waals surface area contributed by atoms with Crippen LogP contribution in [0.2, 0.25) is 0 Å². The summed E-state index contributed by atoms with van der Waals surface area (Å²) in [5.41, 5.74) is 2.48. The van der Waals surface area contributed by atoms with E-state index >= 15 is 0 Å². The van der Waals surface area contributed by atoms with Crippen molar-refractivity contribution in [2.45, 2.75) is 39.8 Å². The van der Waals surface area contributed by atoms with Crippen molar-refractivity contribution in [2.75, 3.05) is 6.61 Å². The second-order valence-electron chi connectivity index (χ2n) is 5.81. The molecule has 1 amide bonds. The van der Waals surface area contributed by atoms with Gasteiger partial charge in [0.2, 0.25) is 0 Å². The Labute approximate surface area is 158 Å². The van der Waals surface area contributed by atoms with Gasteiger partial charge in [0.05, 0.1) is 13.0 Å². The number of rotatable bonds is 8. The van der Waals surface area contributed by atoms with Gasteiger partial charge in [-0.05, 0) is 31.9 Å². The zero-order chi connectivity index (χ0) is 19.6. The van der Waals surface area contributed by atoms with E-state index in [0.717, 1.165) is 11.1 Å². The first-order valence-electron chi connectivity index (χ1n) is 8.75. The number of carbonyl (C=O) groups excluding carboxylic acids is 2. The number of carbonyl (C=O) groups is 2. The number of oxazole rings is 1. The summed E-state index contributed by atoms with van der Waals surface area (Å²) < 4.78 is 15.6. The van der Waals surface area contributed by atoms with Gasteiger partial charge in [-0.3, -0.25) is 0 Å². The van der Waals surface area contributed by atoms with Gasteiger partial charge in [-0.15, -0.1) is 0 Å². The Morgan fingerprint density at radius 2 is 2.00 bits per heavy atom. The third-order valence-electron chi connectivity index (χ3n) is 3.84. The Hall–Kier alpha value is -3.09. The number of aromatic nitrogens is 1. The van der Waals surface area contributed by atoms with Crippen LogP contribution >= 0.6 is 0 Å². The van der Waals surface area contributed by atoms with E-state index in [-0.39, 0.29) is 19.6 Å². The van der Waals surface area contributed by atoms with Crippen LogP contribution in [0.1, 0.15) is 37.9 Å². The second-order valence-corrected chi connectivity index (χ2v) is 5.81. The Kier molecular flexibility index (Phi) is 7.61. The van der Waals surface area contributed by atoms with E-state index < -0.39 is 18.1 Å². The van der Waals surface area contributed by atoms with Crippen LogP contribution in [-0.4, -0.2) is 29.7 Å². The normalized spacial score (nSPS) is 12.3. The molecule has 0 saturated heterocycles. The molecule has 1 unspecified atom stereocenters. The number of esters is 1. The smallest absolute Gasteiger partial charge is 0.408 e. The molecular formula is C20H24N2O5. The van der Waals surface area contributed by atoms with Crippen LogP contribution in [-0.2, 0) is 27.3 Å². The van der Waals surface area contributed by atoms with E-state index in [0.29, 0.717) is 11.6 Å². The van der Waals surface area contributed by atoms with Crippen molar-refractivity contribution in [2.24, 2.45) is 0 Å². The van der Waals surface area contributed by atoms with Crippen molar-refractivity contribution in [3.63, 3.8) is 0 Å². The van der Waals surface area contributed by atoms with Crippen molar-refractivity contribution in [3.8, 4) is 0 Å². The molecule has 1 aromatic carbocycles. The monoisotopic (exact) mass is 372 g/mol. The fourth-order valence-electron chi connectivity index (χ4n) is 2.25. The number of amides is 1. The maximum Gasteiger partial charge on any atom is 0.408 e. The molecule has 1 N–H and O–H groups in total. The fourth-order valence-corrected chi connectivity index (χ4v) is 2.25. The third kappa shape index (κ3) is 6.29. The lowest BCUT2D eigenvalue weighted by Gasteiger charge is -2.15. The van der Waals surface area contributed by atoms with E-state index in [2.05, 4.69) is 10.3 Å². The van der Waals surface area contributed by atoms with Crippen LogP contribution < -0.4 is 5.32 Å². The molecule has 0 fully saturated rings. The van der Waals surface area contributed by atoms with Gasteiger partial charge in [-0.25, -0.2) is 14.6 Å². The van der Waals surface area contributed by atoms with Gasteiger partial charge in [0, 0.05) is 0 Å². The first kappa shape index (κ1) is 20.2. The van der Waals surface area contributed by atoms with Gasteiger partial charge < -0.3 is 19.2 Å². The molecule has 27 heavy (non-hydrogen) atoms. The number of ether oxygens (including phenoxy) is 2. The Balaban J connectivity index is 1.99. The average Bonchev–Trinajstić information content (AvgIpc) is 3.15. The molecule has 1 heterocycles. The summed E-state index contributed by atoms with van der Waals surface area (Å²) in [6.07, 6.45) is 2.77. The Morgan fingerprint density at radius 1 is 1.26 bits per heavy atom. The molecule has 2 aromatic rings. The molecule has 1 aromatic heterocycles. The summed E-state index contributed by atoms with van der Waals surface area (Å²) in [6.45, 7) is 5.80. The first-order valence-corrected chi connectivity index (χ1v) is 8.75. The van der Waals surface area contributed by atoms with Crippen LogP contribution in [0.15, 0.2) is 47.1 Å². The molecule has 0 bridgehead atoms. The minimum atomic E-state index is -0.953. The summed E-state index contributed by atoms with van der Waals surface area (Å²) in [7, 11) is 0. The SMILES string of the molecule is C/C=C(\C)c1coc(CC(NC(=O)OCc2ccccc2)C(=O)OCC)n1. The highest BCUT2D eigenvalue weighted by molar-refractivity contribution is 5.81. The lowest BCUT2D eigenvalue weighted by atomic mass is 10.2. The number of alkyl carbamates (subject to hydrolysis) is 1.